The SMILES string of the molecule is c1ccc(-c2nc(-c3ccc(N(c4ccc(-c5cc6oc7ccccc7c6cn5)cc4)c4ccc(-c5ccc6ccccc6n5)cc4)cc3)cc3cccnc23)cc1. The highest BCUT2D eigenvalue weighted by Crippen LogP contribution is 2.39. The lowest BCUT2D eigenvalue weighted by molar-refractivity contribution is 0.668. The zero-order valence-corrected chi connectivity index (χ0v) is 31.2. The van der Waals surface area contributed by atoms with Crippen molar-refractivity contribution in [2.75, 3.05) is 4.90 Å². The Bertz CT molecular complexity index is 3270. The minimum Gasteiger partial charge on any atom is -0.456 e. The minimum atomic E-state index is 0.825. The summed E-state index contributed by atoms with van der Waals surface area (Å²) >= 11 is 0. The number of nitrogens with zero attached hydrogens (tertiary/aromatic N) is 5. The number of hydrogen-bond donors (Lipinski definition) is 0. The van der Waals surface area contributed by atoms with Crippen LogP contribution in [0.25, 0.3) is 88.8 Å². The predicted molar refractivity (Wildman–Crippen MR) is 236 cm³/mol. The van der Waals surface area contributed by atoms with Gasteiger partial charge in [0.05, 0.1) is 33.8 Å². The number of aromatic nitrogens is 4. The summed E-state index contributed by atoms with van der Waals surface area (Å²) in [6.45, 7) is 0. The molecule has 272 valence electrons. The largest absolute Gasteiger partial charge is 0.456 e. The lowest BCUT2D eigenvalue weighted by Crippen LogP contribution is -2.10. The zero-order valence-electron chi connectivity index (χ0n) is 31.2. The molecule has 0 aliphatic heterocycles. The van der Waals surface area contributed by atoms with Crippen LogP contribution in [0.1, 0.15) is 0 Å². The van der Waals surface area contributed by atoms with Gasteiger partial charge in [-0.15, -0.1) is 0 Å². The third kappa shape index (κ3) is 6.01. The molecule has 0 saturated carbocycles. The average molecular weight is 744 g/mol. The Kier molecular flexibility index (Phi) is 8.04. The van der Waals surface area contributed by atoms with Crippen molar-refractivity contribution in [3.05, 3.63) is 200 Å². The predicted octanol–water partition coefficient (Wildman–Crippen LogP) is 13.6. The topological polar surface area (TPSA) is 67.9 Å². The number of rotatable bonds is 7. The smallest absolute Gasteiger partial charge is 0.139 e. The van der Waals surface area contributed by atoms with Crippen LogP contribution in [0.4, 0.5) is 17.1 Å². The van der Waals surface area contributed by atoms with Gasteiger partial charge in [0.2, 0.25) is 0 Å². The molecule has 6 aromatic carbocycles. The van der Waals surface area contributed by atoms with E-state index < -0.39 is 0 Å². The van der Waals surface area contributed by atoms with Gasteiger partial charge in [-0.25, -0.2) is 9.97 Å². The van der Waals surface area contributed by atoms with E-state index in [4.69, 9.17) is 24.4 Å². The van der Waals surface area contributed by atoms with E-state index >= 15 is 0 Å². The molecule has 6 nitrogen and oxygen atoms in total. The number of hydrogen-bond acceptors (Lipinski definition) is 6. The Morgan fingerprint density at radius 1 is 0.397 bits per heavy atom. The van der Waals surface area contributed by atoms with Gasteiger partial charge in [0.25, 0.3) is 0 Å². The Morgan fingerprint density at radius 2 is 1.03 bits per heavy atom. The highest BCUT2D eigenvalue weighted by Gasteiger charge is 2.17. The van der Waals surface area contributed by atoms with Crippen LogP contribution in [0.3, 0.4) is 0 Å². The van der Waals surface area contributed by atoms with Crippen LogP contribution < -0.4 is 4.90 Å². The summed E-state index contributed by atoms with van der Waals surface area (Å²) in [5.41, 5.74) is 14.3. The molecular formula is C52H33N5O. The molecule has 5 heterocycles. The van der Waals surface area contributed by atoms with Gasteiger partial charge < -0.3 is 9.32 Å². The first-order chi connectivity index (χ1) is 28.7. The molecule has 0 radical (unpaired) electrons. The summed E-state index contributed by atoms with van der Waals surface area (Å²) in [4.78, 5) is 21.9. The highest BCUT2D eigenvalue weighted by molar-refractivity contribution is 6.05. The molecule has 58 heavy (non-hydrogen) atoms. The Balaban J connectivity index is 0.974. The normalized spacial score (nSPS) is 11.4. The molecule has 0 unspecified atom stereocenters. The van der Waals surface area contributed by atoms with E-state index in [1.54, 1.807) is 0 Å². The van der Waals surface area contributed by atoms with Gasteiger partial charge >= 0.3 is 0 Å². The summed E-state index contributed by atoms with van der Waals surface area (Å²) in [5, 5.41) is 4.26. The van der Waals surface area contributed by atoms with Crippen LogP contribution in [0, 0.1) is 0 Å². The van der Waals surface area contributed by atoms with Crippen molar-refractivity contribution in [1.82, 2.24) is 19.9 Å². The van der Waals surface area contributed by atoms with Crippen molar-refractivity contribution in [3.63, 3.8) is 0 Å². The Morgan fingerprint density at radius 3 is 1.79 bits per heavy atom. The number of para-hydroxylation sites is 2. The fourth-order valence-corrected chi connectivity index (χ4v) is 7.83. The van der Waals surface area contributed by atoms with Gasteiger partial charge in [-0.3, -0.25) is 9.97 Å². The number of furan rings is 1. The fraction of sp³-hybridized carbons (Fsp3) is 0. The van der Waals surface area contributed by atoms with Crippen LogP contribution >= 0.6 is 0 Å². The maximum atomic E-state index is 6.19. The third-order valence-electron chi connectivity index (χ3n) is 10.8. The van der Waals surface area contributed by atoms with Gasteiger partial charge in [0.15, 0.2) is 0 Å². The first kappa shape index (κ1) is 33.4. The molecule has 0 aliphatic rings. The molecule has 0 bridgehead atoms. The van der Waals surface area contributed by atoms with E-state index in [0.29, 0.717) is 0 Å². The summed E-state index contributed by atoms with van der Waals surface area (Å²) < 4.78 is 6.19. The fourth-order valence-electron chi connectivity index (χ4n) is 7.83. The second-order valence-corrected chi connectivity index (χ2v) is 14.3. The zero-order chi connectivity index (χ0) is 38.4. The van der Waals surface area contributed by atoms with E-state index in [1.165, 1.54) is 0 Å². The van der Waals surface area contributed by atoms with E-state index in [0.717, 1.165) is 106 Å². The van der Waals surface area contributed by atoms with Crippen molar-refractivity contribution in [2.24, 2.45) is 0 Å². The molecule has 0 N–H and O–H groups in total. The van der Waals surface area contributed by atoms with E-state index in [2.05, 4.69) is 132 Å². The Hall–Kier alpha value is -7.96. The highest BCUT2D eigenvalue weighted by atomic mass is 16.3. The number of pyridine rings is 4. The number of anilines is 3. The second kappa shape index (κ2) is 14.0. The summed E-state index contributed by atoms with van der Waals surface area (Å²) in [7, 11) is 0. The molecule has 11 aromatic rings. The summed E-state index contributed by atoms with van der Waals surface area (Å²) in [5.74, 6) is 0. The van der Waals surface area contributed by atoms with Crippen molar-refractivity contribution in [1.29, 1.82) is 0 Å². The third-order valence-corrected chi connectivity index (χ3v) is 10.8. The molecule has 0 atom stereocenters. The molecule has 5 aromatic heterocycles. The molecular weight excluding hydrogens is 711 g/mol. The maximum absolute atomic E-state index is 6.19. The van der Waals surface area contributed by atoms with Crippen LogP contribution in [-0.4, -0.2) is 19.9 Å². The molecule has 0 amide bonds. The van der Waals surface area contributed by atoms with Gasteiger partial charge in [-0.05, 0) is 66.7 Å². The Labute approximate surface area is 334 Å². The number of benzene rings is 6. The summed E-state index contributed by atoms with van der Waals surface area (Å²) in [6.07, 6.45) is 3.74. The molecule has 0 spiro atoms. The second-order valence-electron chi connectivity index (χ2n) is 14.3. The van der Waals surface area contributed by atoms with Crippen molar-refractivity contribution >= 4 is 60.8 Å². The molecule has 6 heteroatoms. The van der Waals surface area contributed by atoms with Crippen molar-refractivity contribution < 1.29 is 4.42 Å². The minimum absolute atomic E-state index is 0.825. The van der Waals surface area contributed by atoms with Crippen molar-refractivity contribution in [3.8, 4) is 45.0 Å². The van der Waals surface area contributed by atoms with E-state index in [9.17, 15) is 0 Å². The molecule has 0 fully saturated rings. The van der Waals surface area contributed by atoms with E-state index in [-0.39, 0.29) is 0 Å². The van der Waals surface area contributed by atoms with Crippen LogP contribution in [-0.2, 0) is 0 Å². The maximum Gasteiger partial charge on any atom is 0.139 e. The number of fused-ring (bicyclic) bond motifs is 5. The van der Waals surface area contributed by atoms with E-state index in [1.807, 2.05) is 73.1 Å². The monoisotopic (exact) mass is 743 g/mol. The van der Waals surface area contributed by atoms with Crippen LogP contribution in [0.5, 0.6) is 0 Å². The molecule has 11 rings (SSSR count). The lowest BCUT2D eigenvalue weighted by Gasteiger charge is -2.26. The standard InChI is InChI=1S/C52H33N5O/c1-2-10-38(11-3-1)52-51-39(12-8-30-53-51)31-48(56-52)37-20-27-42(28-21-37)57(40-23-16-35(17-24-40)46-29-22-34-9-4-6-14-45(34)55-46)41-25-18-36(19-26-41)47-32-50-44(33-54-47)43-13-5-7-15-49(43)58-50/h1-33H. The summed E-state index contributed by atoms with van der Waals surface area (Å²) in [6, 6.07) is 64.8. The van der Waals surface area contributed by atoms with Crippen LogP contribution in [0.2, 0.25) is 0 Å². The van der Waals surface area contributed by atoms with Gasteiger partial charge in [-0.2, -0.15) is 0 Å². The average Bonchev–Trinajstić information content (AvgIpc) is 3.68. The first-order valence-electron chi connectivity index (χ1n) is 19.3. The molecule has 0 saturated heterocycles. The van der Waals surface area contributed by atoms with Crippen molar-refractivity contribution in [2.45, 2.75) is 0 Å². The van der Waals surface area contributed by atoms with Gasteiger partial charge in [-0.1, -0.05) is 115 Å². The van der Waals surface area contributed by atoms with Gasteiger partial charge in [0, 0.05) is 79.3 Å². The van der Waals surface area contributed by atoms with Crippen LogP contribution in [0.15, 0.2) is 205 Å². The van der Waals surface area contributed by atoms with Gasteiger partial charge in [0.1, 0.15) is 11.2 Å². The first-order valence-corrected chi connectivity index (χ1v) is 19.3. The quantitative estimate of drug-likeness (QED) is 0.162. The lowest BCUT2D eigenvalue weighted by atomic mass is 10.0. The molecule has 0 aliphatic carbocycles.